The van der Waals surface area contributed by atoms with Crippen molar-refractivity contribution < 1.29 is 18.6 Å². The fourth-order valence-electron chi connectivity index (χ4n) is 1.32. The first-order chi connectivity index (χ1) is 7.62. The van der Waals surface area contributed by atoms with Crippen molar-refractivity contribution in [2.45, 2.75) is 4.90 Å². The number of nitrogens with zero attached hydrogens (tertiary/aromatic N) is 1. The second-order valence-electron chi connectivity index (χ2n) is 3.16. The average molecular weight is 245 g/mol. The normalized spacial score (nSPS) is 11.9. The third-order valence-electron chi connectivity index (χ3n) is 2.08. The van der Waals surface area contributed by atoms with E-state index >= 15 is 0 Å². The SMILES string of the molecule is O=S(=O)(c1ccccc1)N(CCO)CCO. The molecule has 0 saturated carbocycles. The second kappa shape index (κ2) is 5.95. The minimum absolute atomic E-state index is 0.0161. The molecule has 0 aliphatic heterocycles. The standard InChI is InChI=1S/C10H15NO4S/c12-8-6-11(7-9-13)16(14,15)10-4-2-1-3-5-10/h1-5,12-13H,6-9H2. The topological polar surface area (TPSA) is 77.8 Å². The number of aliphatic hydroxyl groups excluding tert-OH is 2. The van der Waals surface area contributed by atoms with Gasteiger partial charge >= 0.3 is 0 Å². The van der Waals surface area contributed by atoms with Gasteiger partial charge < -0.3 is 10.2 Å². The molecule has 0 heterocycles. The molecule has 16 heavy (non-hydrogen) atoms. The van der Waals surface area contributed by atoms with E-state index in [9.17, 15) is 8.42 Å². The van der Waals surface area contributed by atoms with Gasteiger partial charge in [-0.05, 0) is 12.1 Å². The lowest BCUT2D eigenvalue weighted by molar-refractivity contribution is 0.217. The van der Waals surface area contributed by atoms with Gasteiger partial charge in [0, 0.05) is 13.1 Å². The van der Waals surface area contributed by atoms with Gasteiger partial charge in [0.15, 0.2) is 0 Å². The number of sulfonamides is 1. The van der Waals surface area contributed by atoms with E-state index in [1.165, 1.54) is 12.1 Å². The molecule has 1 aromatic rings. The average Bonchev–Trinajstić information content (AvgIpc) is 2.30. The van der Waals surface area contributed by atoms with Crippen molar-refractivity contribution in [3.05, 3.63) is 30.3 Å². The first-order valence-electron chi connectivity index (χ1n) is 4.90. The fourth-order valence-corrected chi connectivity index (χ4v) is 2.76. The van der Waals surface area contributed by atoms with Crippen molar-refractivity contribution in [1.82, 2.24) is 4.31 Å². The summed E-state index contributed by atoms with van der Waals surface area (Å²) in [4.78, 5) is 0.164. The van der Waals surface area contributed by atoms with Gasteiger partial charge in [-0.3, -0.25) is 0 Å². The summed E-state index contributed by atoms with van der Waals surface area (Å²) in [7, 11) is -3.61. The van der Waals surface area contributed by atoms with Gasteiger partial charge in [-0.15, -0.1) is 0 Å². The zero-order valence-electron chi connectivity index (χ0n) is 8.78. The van der Waals surface area contributed by atoms with Gasteiger partial charge in [-0.25, -0.2) is 8.42 Å². The highest BCUT2D eigenvalue weighted by Crippen LogP contribution is 2.14. The van der Waals surface area contributed by atoms with Crippen LogP contribution < -0.4 is 0 Å². The number of benzene rings is 1. The summed E-state index contributed by atoms with van der Waals surface area (Å²) in [6, 6.07) is 7.95. The highest BCUT2D eigenvalue weighted by molar-refractivity contribution is 7.89. The van der Waals surface area contributed by atoms with Crippen molar-refractivity contribution in [3.8, 4) is 0 Å². The molecule has 0 atom stereocenters. The summed E-state index contributed by atoms with van der Waals surface area (Å²) in [6.45, 7) is -0.576. The van der Waals surface area contributed by atoms with Crippen molar-refractivity contribution in [2.24, 2.45) is 0 Å². The van der Waals surface area contributed by atoms with Crippen molar-refractivity contribution in [3.63, 3.8) is 0 Å². The third-order valence-corrected chi connectivity index (χ3v) is 3.99. The Hall–Kier alpha value is -0.950. The predicted octanol–water partition coefficient (Wildman–Crippen LogP) is -0.338. The van der Waals surface area contributed by atoms with E-state index in [1.54, 1.807) is 18.2 Å². The first kappa shape index (κ1) is 13.1. The summed E-state index contributed by atoms with van der Waals surface area (Å²) in [5.41, 5.74) is 0. The molecule has 0 amide bonds. The molecule has 0 unspecified atom stereocenters. The lowest BCUT2D eigenvalue weighted by atomic mass is 10.4. The molecule has 0 fully saturated rings. The Morgan fingerprint density at radius 2 is 1.50 bits per heavy atom. The van der Waals surface area contributed by atoms with Crippen LogP contribution in [-0.4, -0.2) is 49.2 Å². The summed E-state index contributed by atoms with van der Waals surface area (Å²) in [6.07, 6.45) is 0. The monoisotopic (exact) mass is 245 g/mol. The van der Waals surface area contributed by atoms with Crippen LogP contribution in [0.15, 0.2) is 35.2 Å². The third kappa shape index (κ3) is 3.02. The second-order valence-corrected chi connectivity index (χ2v) is 5.10. The molecule has 0 saturated heterocycles. The van der Waals surface area contributed by atoms with E-state index in [-0.39, 0.29) is 31.2 Å². The fraction of sp³-hybridized carbons (Fsp3) is 0.400. The Balaban J connectivity index is 2.98. The van der Waals surface area contributed by atoms with E-state index in [4.69, 9.17) is 10.2 Å². The van der Waals surface area contributed by atoms with Gasteiger partial charge in [0.25, 0.3) is 0 Å². The molecule has 1 aromatic carbocycles. The molecule has 2 N–H and O–H groups in total. The number of hydrogen-bond donors (Lipinski definition) is 2. The van der Waals surface area contributed by atoms with Gasteiger partial charge in [-0.2, -0.15) is 4.31 Å². The first-order valence-corrected chi connectivity index (χ1v) is 6.34. The Labute approximate surface area is 95.0 Å². The van der Waals surface area contributed by atoms with Crippen molar-refractivity contribution >= 4 is 10.0 Å². The molecular formula is C10H15NO4S. The van der Waals surface area contributed by atoms with Crippen molar-refractivity contribution in [1.29, 1.82) is 0 Å². The molecular weight excluding hydrogens is 230 g/mol. The number of rotatable bonds is 6. The minimum atomic E-state index is -3.61. The molecule has 0 aromatic heterocycles. The molecule has 0 bridgehead atoms. The maximum atomic E-state index is 12.0. The molecule has 6 heteroatoms. The molecule has 0 radical (unpaired) electrons. The van der Waals surface area contributed by atoms with Crippen LogP contribution in [0.25, 0.3) is 0 Å². The summed E-state index contributed by atoms with van der Waals surface area (Å²) in [5, 5.41) is 17.6. The van der Waals surface area contributed by atoms with Crippen LogP contribution in [0.1, 0.15) is 0 Å². The van der Waals surface area contributed by atoms with Gasteiger partial charge in [0.2, 0.25) is 10.0 Å². The molecule has 5 nitrogen and oxygen atoms in total. The molecule has 0 aliphatic rings. The maximum absolute atomic E-state index is 12.0. The quantitative estimate of drug-likeness (QED) is 0.719. The maximum Gasteiger partial charge on any atom is 0.243 e. The van der Waals surface area contributed by atoms with Gasteiger partial charge in [0.05, 0.1) is 18.1 Å². The van der Waals surface area contributed by atoms with E-state index < -0.39 is 10.0 Å². The lowest BCUT2D eigenvalue weighted by Gasteiger charge is -2.20. The van der Waals surface area contributed by atoms with E-state index in [0.29, 0.717) is 0 Å². The Morgan fingerprint density at radius 3 is 1.94 bits per heavy atom. The highest BCUT2D eigenvalue weighted by Gasteiger charge is 2.22. The van der Waals surface area contributed by atoms with Crippen molar-refractivity contribution in [2.75, 3.05) is 26.3 Å². The van der Waals surface area contributed by atoms with Gasteiger partial charge in [-0.1, -0.05) is 18.2 Å². The van der Waals surface area contributed by atoms with Crippen LogP contribution in [0.5, 0.6) is 0 Å². The zero-order valence-corrected chi connectivity index (χ0v) is 9.60. The van der Waals surface area contributed by atoms with E-state index in [0.717, 1.165) is 4.31 Å². The van der Waals surface area contributed by atoms with Crippen LogP contribution in [0.2, 0.25) is 0 Å². The Bertz CT molecular complexity index is 398. The predicted molar refractivity (Wildman–Crippen MR) is 59.4 cm³/mol. The number of aliphatic hydroxyl groups is 2. The largest absolute Gasteiger partial charge is 0.395 e. The zero-order chi connectivity index (χ0) is 12.0. The lowest BCUT2D eigenvalue weighted by Crippen LogP contribution is -2.35. The summed E-state index contributed by atoms with van der Waals surface area (Å²) in [5.74, 6) is 0. The smallest absolute Gasteiger partial charge is 0.243 e. The van der Waals surface area contributed by atoms with Crippen LogP contribution in [0.4, 0.5) is 0 Å². The van der Waals surface area contributed by atoms with Crippen LogP contribution in [0, 0.1) is 0 Å². The molecule has 0 aliphatic carbocycles. The molecule has 90 valence electrons. The van der Waals surface area contributed by atoms with Crippen LogP contribution in [-0.2, 0) is 10.0 Å². The Kier molecular flexibility index (Phi) is 4.88. The van der Waals surface area contributed by atoms with Crippen LogP contribution in [0.3, 0.4) is 0 Å². The van der Waals surface area contributed by atoms with Gasteiger partial charge in [0.1, 0.15) is 0 Å². The molecule has 0 spiro atoms. The highest BCUT2D eigenvalue weighted by atomic mass is 32.2. The number of hydrogen-bond acceptors (Lipinski definition) is 4. The van der Waals surface area contributed by atoms with E-state index in [2.05, 4.69) is 0 Å². The summed E-state index contributed by atoms with van der Waals surface area (Å²) < 4.78 is 25.1. The molecule has 1 rings (SSSR count). The Morgan fingerprint density at radius 1 is 1.00 bits per heavy atom. The van der Waals surface area contributed by atoms with E-state index in [1.807, 2.05) is 0 Å². The summed E-state index contributed by atoms with van der Waals surface area (Å²) >= 11 is 0. The van der Waals surface area contributed by atoms with Crippen LogP contribution >= 0.6 is 0 Å². The minimum Gasteiger partial charge on any atom is -0.395 e.